The highest BCUT2D eigenvalue weighted by Crippen LogP contribution is 2.33. The zero-order chi connectivity index (χ0) is 19.4. The van der Waals surface area contributed by atoms with Crippen LogP contribution in [0.1, 0.15) is 37.9 Å². The summed E-state index contributed by atoms with van der Waals surface area (Å²) in [5.41, 5.74) is 0.813. The minimum atomic E-state index is -0.589. The molecule has 1 atom stereocenters. The molecule has 0 radical (unpaired) electrons. The number of hydrogen-bond acceptors (Lipinski definition) is 6. The number of rotatable bonds is 8. The summed E-state index contributed by atoms with van der Waals surface area (Å²) in [7, 11) is 0. The van der Waals surface area contributed by atoms with Crippen molar-refractivity contribution >= 4 is 0 Å². The Kier molecular flexibility index (Phi) is 6.09. The van der Waals surface area contributed by atoms with Crippen molar-refractivity contribution in [1.82, 2.24) is 4.90 Å². The number of benzene rings is 1. The molecular formula is C21H29NO5. The van der Waals surface area contributed by atoms with Crippen molar-refractivity contribution in [2.45, 2.75) is 52.5 Å². The molecule has 0 unspecified atom stereocenters. The first-order valence-electron chi connectivity index (χ1n) is 9.27. The van der Waals surface area contributed by atoms with Crippen molar-refractivity contribution in [3.8, 4) is 11.5 Å². The van der Waals surface area contributed by atoms with Crippen LogP contribution in [-0.4, -0.2) is 41.7 Å². The predicted octanol–water partition coefficient (Wildman–Crippen LogP) is 3.49. The lowest BCUT2D eigenvalue weighted by atomic mass is 10.1. The van der Waals surface area contributed by atoms with Crippen molar-refractivity contribution in [1.29, 1.82) is 0 Å². The van der Waals surface area contributed by atoms with Crippen LogP contribution in [0.4, 0.5) is 0 Å². The lowest BCUT2D eigenvalue weighted by molar-refractivity contribution is -0.0576. The van der Waals surface area contributed by atoms with Gasteiger partial charge < -0.3 is 23.7 Å². The van der Waals surface area contributed by atoms with E-state index in [1.807, 2.05) is 58.0 Å². The van der Waals surface area contributed by atoms with Crippen LogP contribution in [0.2, 0.25) is 0 Å². The lowest BCUT2D eigenvalue weighted by Gasteiger charge is -2.27. The molecule has 2 aromatic rings. The number of aliphatic hydroxyl groups excluding tert-OH is 1. The van der Waals surface area contributed by atoms with Gasteiger partial charge in [0.25, 0.3) is 0 Å². The summed E-state index contributed by atoms with van der Waals surface area (Å²) in [5, 5.41) is 10.5. The van der Waals surface area contributed by atoms with Gasteiger partial charge >= 0.3 is 0 Å². The number of aliphatic hydroxyl groups is 1. The second-order valence-electron chi connectivity index (χ2n) is 7.95. The molecule has 0 saturated heterocycles. The number of hydrogen-bond donors (Lipinski definition) is 1. The van der Waals surface area contributed by atoms with E-state index < -0.39 is 6.10 Å². The summed E-state index contributed by atoms with van der Waals surface area (Å²) in [4.78, 5) is 2.15. The molecule has 0 bridgehead atoms. The smallest absolute Gasteiger partial charge is 0.231 e. The topological polar surface area (TPSA) is 64.3 Å². The monoisotopic (exact) mass is 375 g/mol. The second kappa shape index (κ2) is 8.33. The summed E-state index contributed by atoms with van der Waals surface area (Å²) in [5.74, 6) is 3.28. The molecule has 1 N–H and O–H groups in total. The Morgan fingerprint density at radius 3 is 2.59 bits per heavy atom. The first-order valence-corrected chi connectivity index (χ1v) is 9.27. The molecule has 6 nitrogen and oxygen atoms in total. The lowest BCUT2D eigenvalue weighted by Crippen LogP contribution is -2.36. The Balaban J connectivity index is 1.67. The van der Waals surface area contributed by atoms with Gasteiger partial charge in [-0.25, -0.2) is 0 Å². The van der Waals surface area contributed by atoms with Gasteiger partial charge in [-0.05, 0) is 57.5 Å². The van der Waals surface area contributed by atoms with E-state index in [1.165, 1.54) is 0 Å². The molecule has 1 aliphatic heterocycles. The minimum Gasteiger partial charge on any atom is -0.465 e. The first-order chi connectivity index (χ1) is 12.8. The number of ether oxygens (including phenoxy) is 3. The Morgan fingerprint density at radius 1 is 1.11 bits per heavy atom. The molecule has 2 heterocycles. The Hall–Kier alpha value is -2.02. The highest BCUT2D eigenvalue weighted by Gasteiger charge is 2.19. The van der Waals surface area contributed by atoms with Gasteiger partial charge in [0.15, 0.2) is 11.5 Å². The maximum atomic E-state index is 10.5. The molecule has 0 amide bonds. The molecule has 3 rings (SSSR count). The third-order valence-electron chi connectivity index (χ3n) is 4.20. The average Bonchev–Trinajstić information content (AvgIpc) is 3.20. The molecule has 6 heteroatoms. The van der Waals surface area contributed by atoms with Crippen molar-refractivity contribution in [2.75, 3.05) is 19.9 Å². The van der Waals surface area contributed by atoms with Crippen LogP contribution in [0.3, 0.4) is 0 Å². The van der Waals surface area contributed by atoms with Gasteiger partial charge in [-0.15, -0.1) is 0 Å². The average molecular weight is 375 g/mol. The molecule has 0 spiro atoms. The summed E-state index contributed by atoms with van der Waals surface area (Å²) in [6.07, 6.45) is -0.589. The molecule has 27 heavy (non-hydrogen) atoms. The van der Waals surface area contributed by atoms with E-state index in [0.717, 1.165) is 28.6 Å². The van der Waals surface area contributed by atoms with E-state index in [-0.39, 0.29) is 12.4 Å². The van der Waals surface area contributed by atoms with Crippen molar-refractivity contribution in [3.05, 3.63) is 47.4 Å². The largest absolute Gasteiger partial charge is 0.465 e. The molecule has 0 saturated carbocycles. The summed E-state index contributed by atoms with van der Waals surface area (Å²) in [6.45, 7) is 10.2. The van der Waals surface area contributed by atoms with Crippen LogP contribution in [0.25, 0.3) is 0 Å². The Labute approximate surface area is 160 Å². The first kappa shape index (κ1) is 19.7. The van der Waals surface area contributed by atoms with Gasteiger partial charge in [-0.1, -0.05) is 6.07 Å². The summed E-state index contributed by atoms with van der Waals surface area (Å²) < 4.78 is 22.3. The van der Waals surface area contributed by atoms with Crippen molar-refractivity contribution in [2.24, 2.45) is 0 Å². The number of aryl methyl sites for hydroxylation is 1. The van der Waals surface area contributed by atoms with Crippen LogP contribution in [0.5, 0.6) is 11.5 Å². The standard InChI is InChI=1S/C21H29NO5/c1-15-5-7-18(27-15)12-22(11-17(23)13-26-21(2,3)4)10-16-6-8-19-20(9-16)25-14-24-19/h5-9,17,23H,10-14H2,1-4H3/t17-/m1/s1. The molecule has 0 aliphatic carbocycles. The molecule has 1 aromatic heterocycles. The van der Waals surface area contributed by atoms with Gasteiger partial charge in [0.05, 0.1) is 24.9 Å². The van der Waals surface area contributed by atoms with Gasteiger partial charge in [0.2, 0.25) is 6.79 Å². The predicted molar refractivity (Wildman–Crippen MR) is 102 cm³/mol. The maximum Gasteiger partial charge on any atom is 0.231 e. The Bertz CT molecular complexity index is 749. The normalized spacial score (nSPS) is 14.7. The molecular weight excluding hydrogens is 346 g/mol. The number of furan rings is 1. The van der Waals surface area contributed by atoms with Gasteiger partial charge in [0, 0.05) is 13.1 Å². The zero-order valence-corrected chi connectivity index (χ0v) is 16.5. The van der Waals surface area contributed by atoms with Crippen LogP contribution in [-0.2, 0) is 17.8 Å². The van der Waals surface area contributed by atoms with Gasteiger partial charge in [-0.3, -0.25) is 4.90 Å². The molecule has 1 aromatic carbocycles. The fraction of sp³-hybridized carbons (Fsp3) is 0.524. The zero-order valence-electron chi connectivity index (χ0n) is 16.5. The third-order valence-corrected chi connectivity index (χ3v) is 4.20. The highest BCUT2D eigenvalue weighted by molar-refractivity contribution is 5.44. The number of fused-ring (bicyclic) bond motifs is 1. The molecule has 1 aliphatic rings. The van der Waals surface area contributed by atoms with E-state index in [2.05, 4.69) is 4.90 Å². The van der Waals surface area contributed by atoms with E-state index in [9.17, 15) is 5.11 Å². The fourth-order valence-electron chi connectivity index (χ4n) is 2.97. The fourth-order valence-corrected chi connectivity index (χ4v) is 2.97. The third kappa shape index (κ3) is 5.99. The summed E-state index contributed by atoms with van der Waals surface area (Å²) >= 11 is 0. The number of nitrogens with zero attached hydrogens (tertiary/aromatic N) is 1. The van der Waals surface area contributed by atoms with Crippen molar-refractivity contribution in [3.63, 3.8) is 0 Å². The maximum absolute atomic E-state index is 10.5. The van der Waals surface area contributed by atoms with Crippen LogP contribution in [0, 0.1) is 6.92 Å². The quantitative estimate of drug-likeness (QED) is 0.762. The van der Waals surface area contributed by atoms with E-state index >= 15 is 0 Å². The molecule has 148 valence electrons. The Morgan fingerprint density at radius 2 is 1.89 bits per heavy atom. The van der Waals surface area contributed by atoms with Crippen molar-refractivity contribution < 1.29 is 23.7 Å². The summed E-state index contributed by atoms with van der Waals surface area (Å²) in [6, 6.07) is 9.85. The minimum absolute atomic E-state index is 0.261. The SMILES string of the molecule is Cc1ccc(CN(Cc2ccc3c(c2)OCO3)C[C@@H](O)COC(C)(C)C)o1. The highest BCUT2D eigenvalue weighted by atomic mass is 16.7. The van der Waals surface area contributed by atoms with Crippen LogP contribution < -0.4 is 9.47 Å². The van der Waals surface area contributed by atoms with Gasteiger partial charge in [0.1, 0.15) is 11.5 Å². The van der Waals surface area contributed by atoms with E-state index in [1.54, 1.807) is 0 Å². The van der Waals surface area contributed by atoms with Crippen LogP contribution in [0.15, 0.2) is 34.7 Å². The second-order valence-corrected chi connectivity index (χ2v) is 7.95. The van der Waals surface area contributed by atoms with E-state index in [0.29, 0.717) is 26.2 Å². The van der Waals surface area contributed by atoms with Crippen LogP contribution >= 0.6 is 0 Å². The van der Waals surface area contributed by atoms with Gasteiger partial charge in [-0.2, -0.15) is 0 Å². The molecule has 0 fully saturated rings. The van der Waals surface area contributed by atoms with E-state index in [4.69, 9.17) is 18.6 Å².